The molecule has 196 valence electrons. The highest BCUT2D eigenvalue weighted by molar-refractivity contribution is 6.89. The highest BCUT2D eigenvalue weighted by atomic mass is 28.3. The van der Waals surface area contributed by atoms with Crippen LogP contribution in [0.15, 0.2) is 71.3 Å². The molecule has 3 nitrogen and oxygen atoms in total. The molecule has 1 aliphatic rings. The molecule has 0 aliphatic heterocycles. The van der Waals surface area contributed by atoms with Gasteiger partial charge in [0.15, 0.2) is 6.20 Å². The van der Waals surface area contributed by atoms with Gasteiger partial charge < -0.3 is 4.42 Å². The fourth-order valence-electron chi connectivity index (χ4n) is 6.51. The van der Waals surface area contributed by atoms with E-state index < -0.39 is 8.07 Å². The molecular formula is C35H37N2OSi+. The summed E-state index contributed by atoms with van der Waals surface area (Å²) in [6.07, 6.45) is 8.64. The number of hydrogen-bond donors (Lipinski definition) is 0. The zero-order valence-corrected chi connectivity index (χ0v) is 24.8. The maximum Gasteiger partial charge on any atom is 0.216 e. The van der Waals surface area contributed by atoms with Crippen LogP contribution in [0, 0.1) is 18.3 Å². The molecular weight excluding hydrogens is 492 g/mol. The highest BCUT2D eigenvalue weighted by Gasteiger charge is 2.29. The Balaban J connectivity index is 1.66. The van der Waals surface area contributed by atoms with Crippen molar-refractivity contribution in [2.75, 3.05) is 0 Å². The second-order valence-corrected chi connectivity index (χ2v) is 17.3. The summed E-state index contributed by atoms with van der Waals surface area (Å²) >= 11 is 0. The summed E-state index contributed by atoms with van der Waals surface area (Å²) in [5.74, 6) is 0.653. The normalized spacial score (nSPS) is 14.7. The van der Waals surface area contributed by atoms with E-state index in [1.807, 2.05) is 6.07 Å². The van der Waals surface area contributed by atoms with Crippen molar-refractivity contribution < 1.29 is 8.98 Å². The number of pyridine rings is 1. The SMILES string of the molecule is Cc1ccc2c(oc3c(-c4ccc(C5CCCCC5)cc4)c(C#N)c([Si](C)(C)C)cc32)c1-c1cccc[n+]1C. The maximum absolute atomic E-state index is 10.6. The van der Waals surface area contributed by atoms with E-state index in [1.165, 1.54) is 48.4 Å². The molecule has 6 rings (SSSR count). The van der Waals surface area contributed by atoms with Crippen molar-refractivity contribution in [3.63, 3.8) is 0 Å². The number of furan rings is 1. The molecule has 0 radical (unpaired) electrons. The number of hydrogen-bond acceptors (Lipinski definition) is 2. The van der Waals surface area contributed by atoms with Crippen molar-refractivity contribution in [3.8, 4) is 28.5 Å². The Labute approximate surface area is 232 Å². The van der Waals surface area contributed by atoms with Gasteiger partial charge in [-0.25, -0.2) is 4.57 Å². The van der Waals surface area contributed by atoms with Gasteiger partial charge in [0.2, 0.25) is 5.69 Å². The Hall–Kier alpha value is -3.68. The number of fused-ring (bicyclic) bond motifs is 3. The van der Waals surface area contributed by atoms with E-state index in [4.69, 9.17) is 4.42 Å². The molecule has 0 saturated heterocycles. The lowest BCUT2D eigenvalue weighted by atomic mass is 9.83. The number of aryl methyl sites for hydroxylation is 2. The van der Waals surface area contributed by atoms with Crippen LogP contribution in [-0.4, -0.2) is 8.07 Å². The van der Waals surface area contributed by atoms with E-state index in [9.17, 15) is 5.26 Å². The van der Waals surface area contributed by atoms with E-state index >= 15 is 0 Å². The van der Waals surface area contributed by atoms with Gasteiger partial charge in [-0.05, 0) is 59.7 Å². The average molecular weight is 530 g/mol. The molecule has 5 aromatic rings. The lowest BCUT2D eigenvalue weighted by Gasteiger charge is -2.23. The first kappa shape index (κ1) is 25.6. The summed E-state index contributed by atoms with van der Waals surface area (Å²) in [6, 6.07) is 24.6. The number of benzene rings is 3. The molecule has 2 heterocycles. The Morgan fingerprint density at radius 1 is 0.872 bits per heavy atom. The van der Waals surface area contributed by atoms with Crippen LogP contribution < -0.4 is 9.75 Å². The van der Waals surface area contributed by atoms with Crippen molar-refractivity contribution in [3.05, 3.63) is 83.6 Å². The molecule has 4 heteroatoms. The topological polar surface area (TPSA) is 40.8 Å². The fraction of sp³-hybridized carbons (Fsp3) is 0.314. The number of nitrogens with zero attached hydrogens (tertiary/aromatic N) is 2. The Morgan fingerprint density at radius 2 is 1.59 bits per heavy atom. The predicted octanol–water partition coefficient (Wildman–Crippen LogP) is 8.52. The van der Waals surface area contributed by atoms with Crippen LogP contribution in [0.2, 0.25) is 19.6 Å². The van der Waals surface area contributed by atoms with Crippen LogP contribution in [0.5, 0.6) is 0 Å². The number of rotatable bonds is 4. The monoisotopic (exact) mass is 529 g/mol. The second-order valence-electron chi connectivity index (χ2n) is 12.3. The van der Waals surface area contributed by atoms with E-state index in [-0.39, 0.29) is 0 Å². The standard InChI is InChI=1S/C35H37N2OSi/c1-23-14-19-27-28-21-31(39(3,4)5)29(22-36)33(26-17-15-25(16-18-26)24-11-7-6-8-12-24)35(28)38-34(27)32(23)30-13-9-10-20-37(30)2/h9-10,13-21,24H,6-8,11-12H2,1-5H3/q+1. The van der Waals surface area contributed by atoms with Crippen molar-refractivity contribution in [2.24, 2.45) is 7.05 Å². The third kappa shape index (κ3) is 4.39. The largest absolute Gasteiger partial charge is 0.454 e. The van der Waals surface area contributed by atoms with Crippen LogP contribution >= 0.6 is 0 Å². The molecule has 0 amide bonds. The van der Waals surface area contributed by atoms with Gasteiger partial charge in [0.1, 0.15) is 18.2 Å². The summed E-state index contributed by atoms with van der Waals surface area (Å²) in [4.78, 5) is 0. The Morgan fingerprint density at radius 3 is 2.26 bits per heavy atom. The van der Waals surface area contributed by atoms with E-state index in [0.29, 0.717) is 5.92 Å². The van der Waals surface area contributed by atoms with Crippen LogP contribution in [0.25, 0.3) is 44.3 Å². The average Bonchev–Trinajstić information content (AvgIpc) is 3.31. The van der Waals surface area contributed by atoms with Gasteiger partial charge >= 0.3 is 0 Å². The molecule has 0 atom stereocenters. The van der Waals surface area contributed by atoms with Crippen molar-refractivity contribution >= 4 is 35.2 Å². The number of aromatic nitrogens is 1. The van der Waals surface area contributed by atoms with Crippen molar-refractivity contribution in [1.82, 2.24) is 0 Å². The Bertz CT molecular complexity index is 1740. The van der Waals surface area contributed by atoms with Gasteiger partial charge in [-0.1, -0.05) is 75.3 Å². The van der Waals surface area contributed by atoms with Crippen LogP contribution in [0.4, 0.5) is 0 Å². The first-order valence-electron chi connectivity index (χ1n) is 14.3. The van der Waals surface area contributed by atoms with E-state index in [1.54, 1.807) is 0 Å². The third-order valence-corrected chi connectivity index (χ3v) is 10.7. The first-order chi connectivity index (χ1) is 18.8. The van der Waals surface area contributed by atoms with Gasteiger partial charge in [-0.15, -0.1) is 0 Å². The predicted molar refractivity (Wildman–Crippen MR) is 164 cm³/mol. The third-order valence-electron chi connectivity index (χ3n) is 8.65. The summed E-state index contributed by atoms with van der Waals surface area (Å²) in [5.41, 5.74) is 9.32. The van der Waals surface area contributed by atoms with E-state index in [0.717, 1.165) is 49.9 Å². The van der Waals surface area contributed by atoms with Gasteiger partial charge in [-0.2, -0.15) is 5.26 Å². The minimum absolute atomic E-state index is 0.653. The summed E-state index contributed by atoms with van der Waals surface area (Å²) in [5, 5.41) is 14.0. The van der Waals surface area contributed by atoms with Crippen LogP contribution in [-0.2, 0) is 7.05 Å². The quantitative estimate of drug-likeness (QED) is 0.173. The highest BCUT2D eigenvalue weighted by Crippen LogP contribution is 2.42. The zero-order chi connectivity index (χ0) is 27.3. The van der Waals surface area contributed by atoms with Crippen molar-refractivity contribution in [1.29, 1.82) is 5.26 Å². The minimum atomic E-state index is -1.84. The Kier molecular flexibility index (Phi) is 6.44. The molecule has 2 aromatic heterocycles. The molecule has 0 unspecified atom stereocenters. The van der Waals surface area contributed by atoms with Gasteiger partial charge in [0.05, 0.1) is 25.3 Å². The summed E-state index contributed by atoms with van der Waals surface area (Å²) in [7, 11) is 0.232. The molecule has 1 saturated carbocycles. The van der Waals surface area contributed by atoms with Crippen LogP contribution in [0.3, 0.4) is 0 Å². The van der Waals surface area contributed by atoms with Gasteiger partial charge in [0.25, 0.3) is 0 Å². The molecule has 1 fully saturated rings. The maximum atomic E-state index is 10.6. The summed E-state index contributed by atoms with van der Waals surface area (Å²) < 4.78 is 9.01. The zero-order valence-electron chi connectivity index (χ0n) is 23.8. The van der Waals surface area contributed by atoms with Gasteiger partial charge in [0, 0.05) is 28.5 Å². The lowest BCUT2D eigenvalue weighted by Crippen LogP contribution is -2.40. The molecule has 3 aromatic carbocycles. The molecule has 0 spiro atoms. The van der Waals surface area contributed by atoms with Crippen LogP contribution in [0.1, 0.15) is 54.7 Å². The first-order valence-corrected chi connectivity index (χ1v) is 17.8. The minimum Gasteiger partial charge on any atom is -0.454 e. The van der Waals surface area contributed by atoms with Crippen molar-refractivity contribution in [2.45, 2.75) is 64.6 Å². The van der Waals surface area contributed by atoms with E-state index in [2.05, 4.69) is 105 Å². The molecule has 1 aliphatic carbocycles. The second kappa shape index (κ2) is 9.81. The lowest BCUT2D eigenvalue weighted by molar-refractivity contribution is -0.660. The summed E-state index contributed by atoms with van der Waals surface area (Å²) in [6.45, 7) is 9.13. The molecule has 0 N–H and O–H groups in total. The molecule has 39 heavy (non-hydrogen) atoms. The van der Waals surface area contributed by atoms with Gasteiger partial charge in [-0.3, -0.25) is 0 Å². The smallest absolute Gasteiger partial charge is 0.216 e. The molecule has 0 bridgehead atoms. The number of nitriles is 1. The fourth-order valence-corrected chi connectivity index (χ4v) is 8.02.